The Kier molecular flexibility index (Phi) is 7.59. The van der Waals surface area contributed by atoms with Gasteiger partial charge in [-0.25, -0.2) is 0 Å². The van der Waals surface area contributed by atoms with Gasteiger partial charge in [-0.05, 0) is 29.5 Å². The first-order valence-electron chi connectivity index (χ1n) is 6.13. The van der Waals surface area contributed by atoms with E-state index in [1.807, 2.05) is 19.1 Å². The predicted molar refractivity (Wildman–Crippen MR) is 73.6 cm³/mol. The zero-order valence-electron chi connectivity index (χ0n) is 12.8. The fourth-order valence-electron chi connectivity index (χ4n) is 1.54. The molecule has 0 radical (unpaired) electrons. The van der Waals surface area contributed by atoms with Crippen LogP contribution in [0, 0.1) is 6.92 Å². The molecule has 0 aromatic heterocycles. The second-order valence-corrected chi connectivity index (χ2v) is 5.75. The van der Waals surface area contributed by atoms with Crippen LogP contribution in [0.5, 0.6) is 5.75 Å². The quantitative estimate of drug-likeness (QED) is 0.768. The van der Waals surface area contributed by atoms with Gasteiger partial charge in [0.1, 0.15) is 5.75 Å². The first-order chi connectivity index (χ1) is 8.51. The van der Waals surface area contributed by atoms with E-state index in [0.29, 0.717) is 5.75 Å². The van der Waals surface area contributed by atoms with Gasteiger partial charge in [0.05, 0.1) is 6.61 Å². The Hall–Kier alpha value is 0.251. The van der Waals surface area contributed by atoms with E-state index in [1.54, 1.807) is 6.07 Å². The van der Waals surface area contributed by atoms with E-state index in [0.717, 1.165) is 11.1 Å². The van der Waals surface area contributed by atoms with Crippen molar-refractivity contribution in [3.63, 3.8) is 0 Å². The van der Waals surface area contributed by atoms with Crippen molar-refractivity contribution in [1.29, 1.82) is 0 Å². The van der Waals surface area contributed by atoms with Crippen molar-refractivity contribution in [2.45, 2.75) is 33.1 Å². The molecule has 6 heteroatoms. The Balaban J connectivity index is 0.00000361. The molecule has 20 heavy (non-hydrogen) atoms. The monoisotopic (exact) mass is 310 g/mol. The SMILES string of the molecule is C=C(COc1ccc(C(C)(C)C)cc1C)[B-](F)(F)F.[K+]. The molecule has 1 rings (SSSR count). The first kappa shape index (κ1) is 20.3. The fourth-order valence-corrected chi connectivity index (χ4v) is 1.54. The first-order valence-corrected chi connectivity index (χ1v) is 6.13. The molecule has 106 valence electrons. The second-order valence-electron chi connectivity index (χ2n) is 5.75. The molecule has 0 unspecified atom stereocenters. The average molecular weight is 310 g/mol. The van der Waals surface area contributed by atoms with Crippen LogP contribution in [0.2, 0.25) is 0 Å². The summed E-state index contributed by atoms with van der Waals surface area (Å²) in [5.74, 6) is 0.467. The number of hydrogen-bond acceptors (Lipinski definition) is 1. The molecule has 0 amide bonds. The van der Waals surface area contributed by atoms with Crippen molar-refractivity contribution in [2.24, 2.45) is 0 Å². The number of halogens is 3. The molecule has 0 heterocycles. The van der Waals surface area contributed by atoms with Crippen LogP contribution >= 0.6 is 0 Å². The van der Waals surface area contributed by atoms with Crippen LogP contribution in [0.25, 0.3) is 0 Å². The van der Waals surface area contributed by atoms with Crippen molar-refractivity contribution in [3.05, 3.63) is 41.4 Å². The summed E-state index contributed by atoms with van der Waals surface area (Å²) in [5, 5.41) is 0. The molecule has 1 aromatic rings. The van der Waals surface area contributed by atoms with Crippen LogP contribution in [-0.4, -0.2) is 13.6 Å². The van der Waals surface area contributed by atoms with Gasteiger partial charge in [-0.3, -0.25) is 0 Å². The zero-order chi connectivity index (χ0) is 14.8. The van der Waals surface area contributed by atoms with E-state index in [-0.39, 0.29) is 56.8 Å². The summed E-state index contributed by atoms with van der Waals surface area (Å²) in [6, 6.07) is 5.53. The van der Waals surface area contributed by atoms with Crippen molar-refractivity contribution in [3.8, 4) is 5.75 Å². The van der Waals surface area contributed by atoms with Crippen molar-refractivity contribution >= 4 is 6.98 Å². The maximum atomic E-state index is 12.4. The molecule has 1 nitrogen and oxygen atoms in total. The van der Waals surface area contributed by atoms with Gasteiger partial charge in [-0.2, -0.15) is 0 Å². The molecule has 0 atom stereocenters. The van der Waals surface area contributed by atoms with Gasteiger partial charge in [0.2, 0.25) is 0 Å². The van der Waals surface area contributed by atoms with Gasteiger partial charge in [0.15, 0.2) is 0 Å². The number of aryl methyl sites for hydroxylation is 1. The Morgan fingerprint density at radius 3 is 2.20 bits per heavy atom. The van der Waals surface area contributed by atoms with E-state index in [9.17, 15) is 12.9 Å². The van der Waals surface area contributed by atoms with Crippen LogP contribution in [-0.2, 0) is 5.41 Å². The minimum atomic E-state index is -5.03. The van der Waals surface area contributed by atoms with Crippen LogP contribution in [0.3, 0.4) is 0 Å². The molecule has 0 fully saturated rings. The number of benzene rings is 1. The molecule has 0 aliphatic heterocycles. The smallest absolute Gasteiger partial charge is 0.492 e. The Morgan fingerprint density at radius 1 is 1.25 bits per heavy atom. The van der Waals surface area contributed by atoms with E-state index in [1.165, 1.54) is 0 Å². The van der Waals surface area contributed by atoms with Gasteiger partial charge in [-0.15, -0.1) is 12.1 Å². The van der Waals surface area contributed by atoms with Crippen molar-refractivity contribution in [1.82, 2.24) is 0 Å². The summed E-state index contributed by atoms with van der Waals surface area (Å²) in [6.07, 6.45) is 0. The van der Waals surface area contributed by atoms with E-state index >= 15 is 0 Å². The molecule has 0 N–H and O–H groups in total. The van der Waals surface area contributed by atoms with Gasteiger partial charge in [-0.1, -0.05) is 32.9 Å². The Bertz CT molecular complexity index is 478. The summed E-state index contributed by atoms with van der Waals surface area (Å²) < 4.78 is 42.3. The third kappa shape index (κ3) is 5.94. The topological polar surface area (TPSA) is 9.23 Å². The zero-order valence-corrected chi connectivity index (χ0v) is 15.9. The second kappa shape index (κ2) is 7.49. The molecular weight excluding hydrogens is 291 g/mol. The minimum Gasteiger partial charge on any atom is -0.492 e. The molecular formula is C14H19BF3KO. The van der Waals surface area contributed by atoms with E-state index in [2.05, 4.69) is 27.4 Å². The van der Waals surface area contributed by atoms with Gasteiger partial charge in [0, 0.05) is 0 Å². The predicted octanol–water partition coefficient (Wildman–Crippen LogP) is 1.62. The Labute approximate surface area is 161 Å². The number of hydrogen-bond donors (Lipinski definition) is 0. The van der Waals surface area contributed by atoms with Gasteiger partial charge < -0.3 is 17.7 Å². The van der Waals surface area contributed by atoms with E-state index < -0.39 is 19.1 Å². The summed E-state index contributed by atoms with van der Waals surface area (Å²) in [5.41, 5.74) is 1.13. The number of ether oxygens (including phenoxy) is 1. The summed E-state index contributed by atoms with van der Waals surface area (Å²) in [4.78, 5) is 0. The van der Waals surface area contributed by atoms with E-state index in [4.69, 9.17) is 4.74 Å². The van der Waals surface area contributed by atoms with Gasteiger partial charge >= 0.3 is 58.4 Å². The fraction of sp³-hybridized carbons (Fsp3) is 0.429. The van der Waals surface area contributed by atoms with Crippen LogP contribution < -0.4 is 56.1 Å². The molecule has 0 spiro atoms. The Morgan fingerprint density at radius 2 is 1.80 bits per heavy atom. The third-order valence-electron chi connectivity index (χ3n) is 2.92. The van der Waals surface area contributed by atoms with Crippen LogP contribution in [0.4, 0.5) is 12.9 Å². The normalized spacial score (nSPS) is 11.8. The van der Waals surface area contributed by atoms with Gasteiger partial charge in [0.25, 0.3) is 0 Å². The van der Waals surface area contributed by atoms with Crippen LogP contribution in [0.1, 0.15) is 31.9 Å². The molecule has 0 bridgehead atoms. The molecule has 0 saturated heterocycles. The largest absolute Gasteiger partial charge is 1.00 e. The molecule has 0 aliphatic rings. The van der Waals surface area contributed by atoms with Crippen LogP contribution in [0.15, 0.2) is 30.3 Å². The number of rotatable bonds is 4. The standard InChI is InChI=1S/C14H19BF3O.K/c1-10-8-12(14(3,4)5)6-7-13(10)19-9-11(2)15(16,17)18;/h6-8H,2,9H2,1,3-5H3;/q-1;+1. The molecule has 0 saturated carbocycles. The third-order valence-corrected chi connectivity index (χ3v) is 2.92. The summed E-state index contributed by atoms with van der Waals surface area (Å²) >= 11 is 0. The molecule has 1 aromatic carbocycles. The molecule has 0 aliphatic carbocycles. The summed E-state index contributed by atoms with van der Waals surface area (Å²) in [6.45, 7) is 5.53. The maximum absolute atomic E-state index is 12.4. The average Bonchev–Trinajstić information content (AvgIpc) is 2.24. The van der Waals surface area contributed by atoms with Crippen molar-refractivity contribution in [2.75, 3.05) is 6.61 Å². The summed E-state index contributed by atoms with van der Waals surface area (Å²) in [7, 11) is 0. The van der Waals surface area contributed by atoms with Crippen molar-refractivity contribution < 1.29 is 69.1 Å². The minimum absolute atomic E-state index is 0. The maximum Gasteiger partial charge on any atom is 1.00 e.